The molecule has 7 nitrogen and oxygen atoms in total. The SMILES string of the molecule is CC1(C)O[C@@H]2[C@@H](O1)[C@@H](CI)O[C@H]2n1cc(Cl)c(=O)[nH]c1=O. The van der Waals surface area contributed by atoms with Crippen LogP contribution < -0.4 is 11.2 Å². The predicted octanol–water partition coefficient (Wildman–Crippen LogP) is 1.04. The molecule has 116 valence electrons. The zero-order valence-corrected chi connectivity index (χ0v) is 14.3. The van der Waals surface area contributed by atoms with E-state index in [0.717, 1.165) is 0 Å². The Balaban J connectivity index is 2.01. The molecule has 0 amide bonds. The number of H-pyrrole nitrogens is 1. The molecule has 1 aromatic rings. The van der Waals surface area contributed by atoms with Gasteiger partial charge >= 0.3 is 5.69 Å². The van der Waals surface area contributed by atoms with Crippen LogP contribution >= 0.6 is 34.2 Å². The Morgan fingerprint density at radius 1 is 1.38 bits per heavy atom. The summed E-state index contributed by atoms with van der Waals surface area (Å²) in [6.45, 7) is 3.63. The monoisotopic (exact) mass is 428 g/mol. The second-order valence-corrected chi connectivity index (χ2v) is 6.72. The number of aromatic nitrogens is 2. The first-order valence-electron chi connectivity index (χ1n) is 6.40. The molecule has 2 aliphatic rings. The number of nitrogens with one attached hydrogen (secondary N) is 1. The number of halogens is 2. The number of hydrogen-bond acceptors (Lipinski definition) is 5. The highest BCUT2D eigenvalue weighted by Crippen LogP contribution is 2.43. The van der Waals surface area contributed by atoms with Crippen molar-refractivity contribution in [2.24, 2.45) is 0 Å². The van der Waals surface area contributed by atoms with E-state index in [1.54, 1.807) is 0 Å². The summed E-state index contributed by atoms with van der Waals surface area (Å²) in [5, 5.41) is -0.0779. The van der Waals surface area contributed by atoms with Crippen molar-refractivity contribution in [3.05, 3.63) is 32.1 Å². The van der Waals surface area contributed by atoms with E-state index in [-0.39, 0.29) is 17.2 Å². The maximum Gasteiger partial charge on any atom is 0.330 e. The normalized spacial score (nSPS) is 34.1. The highest BCUT2D eigenvalue weighted by Gasteiger charge is 2.55. The summed E-state index contributed by atoms with van der Waals surface area (Å²) in [5.74, 6) is -0.739. The molecule has 2 fully saturated rings. The van der Waals surface area contributed by atoms with Crippen LogP contribution in [0.4, 0.5) is 0 Å². The molecule has 1 aromatic heterocycles. The van der Waals surface area contributed by atoms with Crippen molar-refractivity contribution < 1.29 is 14.2 Å². The zero-order chi connectivity index (χ0) is 15.4. The number of nitrogens with zero attached hydrogens (tertiary/aromatic N) is 1. The quantitative estimate of drug-likeness (QED) is 0.562. The lowest BCUT2D eigenvalue weighted by Crippen LogP contribution is -2.37. The fraction of sp³-hybridized carbons (Fsp3) is 0.667. The van der Waals surface area contributed by atoms with Gasteiger partial charge in [0, 0.05) is 10.6 Å². The molecule has 0 radical (unpaired) electrons. The van der Waals surface area contributed by atoms with Gasteiger partial charge in [-0.3, -0.25) is 14.3 Å². The Hall–Kier alpha value is -0.420. The van der Waals surface area contributed by atoms with Crippen LogP contribution in [0.25, 0.3) is 0 Å². The van der Waals surface area contributed by atoms with Crippen molar-refractivity contribution >= 4 is 34.2 Å². The second kappa shape index (κ2) is 5.34. The van der Waals surface area contributed by atoms with E-state index < -0.39 is 29.4 Å². The molecule has 0 spiro atoms. The van der Waals surface area contributed by atoms with Crippen molar-refractivity contribution in [2.75, 3.05) is 4.43 Å². The van der Waals surface area contributed by atoms with Gasteiger partial charge in [-0.25, -0.2) is 4.79 Å². The van der Waals surface area contributed by atoms with Gasteiger partial charge in [-0.1, -0.05) is 34.2 Å². The molecule has 0 unspecified atom stereocenters. The average Bonchev–Trinajstić information content (AvgIpc) is 2.87. The maximum absolute atomic E-state index is 12.0. The number of alkyl halides is 1. The second-order valence-electron chi connectivity index (χ2n) is 5.43. The van der Waals surface area contributed by atoms with Gasteiger partial charge in [-0.2, -0.15) is 0 Å². The van der Waals surface area contributed by atoms with Crippen molar-refractivity contribution in [1.82, 2.24) is 9.55 Å². The van der Waals surface area contributed by atoms with Crippen molar-refractivity contribution in [3.8, 4) is 0 Å². The summed E-state index contributed by atoms with van der Waals surface area (Å²) in [4.78, 5) is 25.5. The predicted molar refractivity (Wildman–Crippen MR) is 83.0 cm³/mol. The fourth-order valence-corrected chi connectivity index (χ4v) is 3.52. The first-order chi connectivity index (χ1) is 9.82. The summed E-state index contributed by atoms with van der Waals surface area (Å²) in [7, 11) is 0. The first kappa shape index (κ1) is 15.5. The molecular weight excluding hydrogens is 414 g/mol. The Bertz CT molecular complexity index is 672. The van der Waals surface area contributed by atoms with E-state index >= 15 is 0 Å². The minimum absolute atomic E-state index is 0.0779. The Morgan fingerprint density at radius 2 is 2.05 bits per heavy atom. The van der Waals surface area contributed by atoms with Crippen molar-refractivity contribution in [3.63, 3.8) is 0 Å². The Kier molecular flexibility index (Phi) is 3.93. The zero-order valence-electron chi connectivity index (χ0n) is 11.3. The van der Waals surface area contributed by atoms with Crippen LogP contribution in [0, 0.1) is 0 Å². The molecule has 0 bridgehead atoms. The number of fused-ring (bicyclic) bond motifs is 1. The van der Waals surface area contributed by atoms with Crippen LogP contribution in [0.5, 0.6) is 0 Å². The molecule has 1 N–H and O–H groups in total. The standard InChI is InChI=1S/C12H14ClIN2O5/c1-12(2)20-7-6(3-14)19-10(8(7)21-12)16-4-5(13)9(17)15-11(16)18/h4,6-8,10H,3H2,1-2H3,(H,15,17,18)/t6-,7+,8-,10-/m1/s1. The minimum Gasteiger partial charge on any atom is -0.348 e. The summed E-state index contributed by atoms with van der Waals surface area (Å²) < 4.78 is 19.5. The molecule has 0 aromatic carbocycles. The molecule has 21 heavy (non-hydrogen) atoms. The van der Waals surface area contributed by atoms with Gasteiger partial charge < -0.3 is 14.2 Å². The van der Waals surface area contributed by atoms with Gasteiger partial charge in [0.2, 0.25) is 0 Å². The first-order valence-corrected chi connectivity index (χ1v) is 8.31. The fourth-order valence-electron chi connectivity index (χ4n) is 2.66. The van der Waals surface area contributed by atoms with Crippen LogP contribution in [-0.4, -0.2) is 38.1 Å². The molecule has 0 saturated carbocycles. The van der Waals surface area contributed by atoms with Crippen LogP contribution in [0.2, 0.25) is 5.02 Å². The van der Waals surface area contributed by atoms with Crippen molar-refractivity contribution in [1.29, 1.82) is 0 Å². The maximum atomic E-state index is 12.0. The topological polar surface area (TPSA) is 82.6 Å². The summed E-state index contributed by atoms with van der Waals surface area (Å²) in [6, 6.07) is 0. The lowest BCUT2D eigenvalue weighted by molar-refractivity contribution is -0.194. The van der Waals surface area contributed by atoms with E-state index in [1.807, 2.05) is 13.8 Å². The lowest BCUT2D eigenvalue weighted by atomic mass is 10.1. The largest absolute Gasteiger partial charge is 0.348 e. The third-order valence-electron chi connectivity index (χ3n) is 3.48. The van der Waals surface area contributed by atoms with Crippen LogP contribution in [0.15, 0.2) is 15.8 Å². The van der Waals surface area contributed by atoms with E-state index in [0.29, 0.717) is 4.43 Å². The number of ether oxygens (including phenoxy) is 3. The van der Waals surface area contributed by atoms with Crippen LogP contribution in [0.3, 0.4) is 0 Å². The van der Waals surface area contributed by atoms with Gasteiger partial charge in [-0.15, -0.1) is 0 Å². The van der Waals surface area contributed by atoms with E-state index in [9.17, 15) is 9.59 Å². The number of aromatic amines is 1. The van der Waals surface area contributed by atoms with Crippen LogP contribution in [0.1, 0.15) is 20.1 Å². The van der Waals surface area contributed by atoms with E-state index in [1.165, 1.54) is 10.8 Å². The average molecular weight is 429 g/mol. The summed E-state index contributed by atoms with van der Waals surface area (Å²) in [6.07, 6.45) is -0.299. The molecule has 2 saturated heterocycles. The molecule has 3 heterocycles. The van der Waals surface area contributed by atoms with Crippen molar-refractivity contribution in [2.45, 2.75) is 44.2 Å². The molecular formula is C12H14ClIN2O5. The smallest absolute Gasteiger partial charge is 0.330 e. The van der Waals surface area contributed by atoms with Gasteiger partial charge in [0.1, 0.15) is 17.2 Å². The van der Waals surface area contributed by atoms with Crippen LogP contribution in [-0.2, 0) is 14.2 Å². The highest BCUT2D eigenvalue weighted by molar-refractivity contribution is 14.1. The highest BCUT2D eigenvalue weighted by atomic mass is 127. The molecule has 9 heteroatoms. The van der Waals surface area contributed by atoms with Gasteiger partial charge in [0.15, 0.2) is 12.0 Å². The van der Waals surface area contributed by atoms with E-state index in [4.69, 9.17) is 25.8 Å². The van der Waals surface area contributed by atoms with E-state index in [2.05, 4.69) is 27.6 Å². The molecule has 0 aliphatic carbocycles. The lowest BCUT2D eigenvalue weighted by Gasteiger charge is -2.24. The minimum atomic E-state index is -0.739. The Morgan fingerprint density at radius 3 is 2.71 bits per heavy atom. The van der Waals surface area contributed by atoms with Gasteiger partial charge in [0.25, 0.3) is 5.56 Å². The van der Waals surface area contributed by atoms with Gasteiger partial charge in [-0.05, 0) is 13.8 Å². The third-order valence-corrected chi connectivity index (χ3v) is 4.61. The number of hydrogen-bond donors (Lipinski definition) is 1. The number of rotatable bonds is 2. The Labute approximate surface area is 138 Å². The molecule has 3 rings (SSSR count). The molecule has 2 aliphatic heterocycles. The summed E-state index contributed by atoms with van der Waals surface area (Å²) in [5.41, 5.74) is -1.21. The summed E-state index contributed by atoms with van der Waals surface area (Å²) >= 11 is 8.00. The third kappa shape index (κ3) is 2.67. The van der Waals surface area contributed by atoms with Gasteiger partial charge in [0.05, 0.1) is 6.10 Å². The molecule has 4 atom stereocenters.